The van der Waals surface area contributed by atoms with Crippen molar-refractivity contribution in [1.82, 2.24) is 0 Å². The molecule has 0 aromatic carbocycles. The summed E-state index contributed by atoms with van der Waals surface area (Å²) >= 11 is 0. The van der Waals surface area contributed by atoms with Crippen LogP contribution < -0.4 is 0 Å². The Bertz CT molecular complexity index is 20.9. The number of hydrogen-bond acceptors (Lipinski definition) is 1. The van der Waals surface area contributed by atoms with Crippen molar-refractivity contribution in [3.05, 3.63) is 6.92 Å². The van der Waals surface area contributed by atoms with E-state index in [4.69, 9.17) is 0 Å². The first-order chi connectivity index (χ1) is 1.91. The van der Waals surface area contributed by atoms with Gasteiger partial charge < -0.3 is 18.6 Å². The van der Waals surface area contributed by atoms with E-state index in [1.807, 2.05) is 0 Å². The molecule has 0 bridgehead atoms. The molecule has 0 saturated heterocycles. The molecule has 1 nitrogen and oxygen atoms in total. The number of aliphatic imine (C=N–C) groups is 1. The van der Waals surface area contributed by atoms with E-state index in [0.717, 1.165) is 0 Å². The Kier molecular flexibility index (Phi) is 16.0. The van der Waals surface area contributed by atoms with Crippen molar-refractivity contribution in [3.8, 4) is 0 Å². The van der Waals surface area contributed by atoms with Crippen molar-refractivity contribution in [2.45, 2.75) is 0 Å². The van der Waals surface area contributed by atoms with Gasteiger partial charge in [-0.3, -0.25) is 0 Å². The average molecular weight is 239 g/mol. The summed E-state index contributed by atoms with van der Waals surface area (Å²) in [6, 6.07) is 0. The van der Waals surface area contributed by atoms with Gasteiger partial charge in [0.1, 0.15) is 0 Å². The second-order valence-corrected chi connectivity index (χ2v) is 0.406. The maximum absolute atomic E-state index is 4.59. The van der Waals surface area contributed by atoms with E-state index in [2.05, 4.69) is 18.6 Å². The zero-order chi connectivity index (χ0) is 3.41. The van der Waals surface area contributed by atoms with Crippen LogP contribution in [0.1, 0.15) is 0 Å². The van der Waals surface area contributed by atoms with Crippen LogP contribution in [-0.4, -0.2) is 13.3 Å². The number of hydrogen-bond donors (Lipinski definition) is 0. The Labute approximate surface area is 46.8 Å². The van der Waals surface area contributed by atoms with Crippen LogP contribution in [0.5, 0.6) is 0 Å². The predicted molar refractivity (Wildman–Crippen MR) is 18.7 cm³/mol. The van der Waals surface area contributed by atoms with E-state index in [9.17, 15) is 0 Å². The summed E-state index contributed by atoms with van der Waals surface area (Å²) in [7, 11) is 0. The molecule has 0 fully saturated rings. The molecule has 0 heterocycles. The zero-order valence-corrected chi connectivity index (χ0v) is 5.78. The quantitative estimate of drug-likeness (QED) is 0.463. The van der Waals surface area contributed by atoms with Gasteiger partial charge in [-0.2, -0.15) is 0 Å². The minimum atomic E-state index is 0. The molecule has 28 valence electrons. The molecule has 5 heavy (non-hydrogen) atoms. The van der Waals surface area contributed by atoms with E-state index in [-0.39, 0.29) is 21.1 Å². The van der Waals surface area contributed by atoms with Crippen LogP contribution in [0.15, 0.2) is 4.99 Å². The summed E-state index contributed by atoms with van der Waals surface area (Å²) in [4.78, 5) is 3.12. The van der Waals surface area contributed by atoms with Gasteiger partial charge in [-0.05, 0) is 0 Å². The van der Waals surface area contributed by atoms with Crippen molar-refractivity contribution < 1.29 is 21.1 Å². The Morgan fingerprint density at radius 1 is 1.80 bits per heavy atom. The largest absolute Gasteiger partial charge is 2.00 e. The molecule has 0 unspecified atom stereocenters. The SMILES string of the molecule is [CH-]=NC[CH2-].[W+2]. The normalized spacial score (nSPS) is 5.00. The van der Waals surface area contributed by atoms with Crippen molar-refractivity contribution in [2.75, 3.05) is 6.54 Å². The van der Waals surface area contributed by atoms with Crippen LogP contribution in [0.25, 0.3) is 0 Å². The van der Waals surface area contributed by atoms with Gasteiger partial charge >= 0.3 is 21.1 Å². The van der Waals surface area contributed by atoms with E-state index in [0.29, 0.717) is 6.54 Å². The molecule has 0 rings (SSSR count). The number of rotatable bonds is 1. The van der Waals surface area contributed by atoms with Gasteiger partial charge in [-0.15, -0.1) is 6.54 Å². The minimum Gasteiger partial charge on any atom is -0.536 e. The van der Waals surface area contributed by atoms with Crippen molar-refractivity contribution in [3.63, 3.8) is 0 Å². The fraction of sp³-hybridized carbons (Fsp3) is 0.333. The van der Waals surface area contributed by atoms with Crippen LogP contribution in [-0.2, 0) is 21.1 Å². The van der Waals surface area contributed by atoms with Gasteiger partial charge in [0.15, 0.2) is 0 Å². The maximum Gasteiger partial charge on any atom is 2.00 e. The van der Waals surface area contributed by atoms with Crippen LogP contribution >= 0.6 is 0 Å². The molecule has 0 atom stereocenters. The molecule has 0 aromatic rings. The predicted octanol–water partition coefficient (Wildman–Crippen LogP) is 0.396. The first-order valence-corrected chi connectivity index (χ1v) is 1.07. The second kappa shape index (κ2) is 8.84. The third kappa shape index (κ3) is 13.1. The van der Waals surface area contributed by atoms with Crippen LogP contribution in [0.4, 0.5) is 0 Å². The summed E-state index contributed by atoms with van der Waals surface area (Å²) in [5.74, 6) is 0. The monoisotopic (exact) mass is 239 g/mol. The van der Waals surface area contributed by atoms with Crippen LogP contribution in [0, 0.1) is 6.92 Å². The molecule has 0 radical (unpaired) electrons. The van der Waals surface area contributed by atoms with E-state index >= 15 is 0 Å². The summed E-state index contributed by atoms with van der Waals surface area (Å²) in [6.07, 6.45) is 0. The Morgan fingerprint density at radius 2 is 2.00 bits per heavy atom. The zero-order valence-electron chi connectivity index (χ0n) is 2.85. The van der Waals surface area contributed by atoms with E-state index < -0.39 is 0 Å². The molecule has 0 aliphatic heterocycles. The average Bonchev–Trinajstić information content (AvgIpc) is 1.37. The van der Waals surface area contributed by atoms with Gasteiger partial charge in [0.2, 0.25) is 0 Å². The summed E-state index contributed by atoms with van der Waals surface area (Å²) in [6.45, 7) is 8.38. The van der Waals surface area contributed by atoms with Gasteiger partial charge in [0, 0.05) is 0 Å². The molecular formula is C3H5NW. The van der Waals surface area contributed by atoms with Gasteiger partial charge in [0.05, 0.1) is 0 Å². The smallest absolute Gasteiger partial charge is 0.536 e. The Morgan fingerprint density at radius 3 is 2.00 bits per heavy atom. The minimum absolute atomic E-state index is 0. The first-order valence-electron chi connectivity index (χ1n) is 1.07. The molecule has 0 spiro atoms. The molecule has 0 aliphatic carbocycles. The van der Waals surface area contributed by atoms with Gasteiger partial charge in [-0.1, -0.05) is 0 Å². The molecule has 0 aromatic heterocycles. The molecule has 0 saturated carbocycles. The first kappa shape index (κ1) is 9.02. The van der Waals surface area contributed by atoms with Gasteiger partial charge in [0.25, 0.3) is 0 Å². The third-order valence-electron chi connectivity index (χ3n) is 0.129. The Balaban J connectivity index is 0. The van der Waals surface area contributed by atoms with Crippen molar-refractivity contribution in [1.29, 1.82) is 0 Å². The summed E-state index contributed by atoms with van der Waals surface area (Å²) < 4.78 is 0. The standard InChI is InChI=1S/C3H5N.W/c1-3-4-2;/h2H,1,3H2;/q-2;+2. The molecule has 0 amide bonds. The fourth-order valence-corrected chi connectivity index (χ4v) is 0. The van der Waals surface area contributed by atoms with E-state index in [1.54, 1.807) is 0 Å². The van der Waals surface area contributed by atoms with Crippen LogP contribution in [0.2, 0.25) is 0 Å². The third-order valence-corrected chi connectivity index (χ3v) is 0.129. The summed E-state index contributed by atoms with van der Waals surface area (Å²) in [5, 5.41) is 0. The summed E-state index contributed by atoms with van der Waals surface area (Å²) in [5.41, 5.74) is 0. The van der Waals surface area contributed by atoms with Crippen molar-refractivity contribution >= 4 is 6.72 Å². The maximum atomic E-state index is 4.59. The molecule has 0 N–H and O–H groups in total. The van der Waals surface area contributed by atoms with Crippen LogP contribution in [0.3, 0.4) is 0 Å². The molecular weight excluding hydrogens is 234 g/mol. The number of nitrogens with zero attached hydrogens (tertiary/aromatic N) is 1. The van der Waals surface area contributed by atoms with Gasteiger partial charge in [-0.25, -0.2) is 0 Å². The van der Waals surface area contributed by atoms with E-state index in [1.165, 1.54) is 0 Å². The topological polar surface area (TPSA) is 12.4 Å². The Hall–Kier alpha value is 0.358. The molecule has 2 heteroatoms. The fourth-order valence-electron chi connectivity index (χ4n) is 0. The second-order valence-electron chi connectivity index (χ2n) is 0.406. The molecule has 0 aliphatic rings. The van der Waals surface area contributed by atoms with Crippen molar-refractivity contribution in [2.24, 2.45) is 4.99 Å².